The Morgan fingerprint density at radius 2 is 2.48 bits per heavy atom. The van der Waals surface area contributed by atoms with Crippen molar-refractivity contribution in [2.75, 3.05) is 19.6 Å². The van der Waals surface area contributed by atoms with E-state index in [1.54, 1.807) is 17.4 Å². The van der Waals surface area contributed by atoms with Crippen LogP contribution in [0.4, 0.5) is 0 Å². The van der Waals surface area contributed by atoms with Crippen LogP contribution in [0.3, 0.4) is 0 Å². The number of thiazole rings is 1. The molecule has 0 radical (unpaired) electrons. The van der Waals surface area contributed by atoms with Gasteiger partial charge in [-0.2, -0.15) is 5.10 Å². The molecule has 3 heterocycles. The molecule has 23 heavy (non-hydrogen) atoms. The summed E-state index contributed by atoms with van der Waals surface area (Å²) in [5, 5.41) is 13.9. The molecule has 1 saturated heterocycles. The Morgan fingerprint density at radius 3 is 3.22 bits per heavy atom. The van der Waals surface area contributed by atoms with Crippen molar-refractivity contribution < 1.29 is 4.79 Å². The van der Waals surface area contributed by atoms with Crippen LogP contribution in [-0.2, 0) is 12.8 Å². The first-order valence-electron chi connectivity index (χ1n) is 8.23. The average Bonchev–Trinajstić information content (AvgIpc) is 3.25. The number of aryl methyl sites for hydroxylation is 1. The Balaban J connectivity index is 1.49. The van der Waals surface area contributed by atoms with E-state index in [1.807, 2.05) is 10.9 Å². The third-order valence-electron chi connectivity index (χ3n) is 4.05. The summed E-state index contributed by atoms with van der Waals surface area (Å²) in [6.45, 7) is 4.68. The van der Waals surface area contributed by atoms with Crippen LogP contribution >= 0.6 is 11.3 Å². The number of rotatable bonds is 6. The molecule has 1 aliphatic rings. The van der Waals surface area contributed by atoms with E-state index in [0.29, 0.717) is 18.3 Å². The van der Waals surface area contributed by atoms with Crippen molar-refractivity contribution in [1.29, 1.82) is 0 Å². The lowest BCUT2D eigenvalue weighted by Gasteiger charge is -2.22. The van der Waals surface area contributed by atoms with Gasteiger partial charge in [0.05, 0.1) is 16.7 Å². The first kappa shape index (κ1) is 16.1. The van der Waals surface area contributed by atoms with E-state index >= 15 is 0 Å². The van der Waals surface area contributed by atoms with E-state index in [2.05, 4.69) is 33.0 Å². The third-order valence-corrected chi connectivity index (χ3v) is 5.10. The molecule has 1 aliphatic heterocycles. The highest BCUT2D eigenvalue weighted by Gasteiger charge is 2.17. The molecule has 0 bridgehead atoms. The fourth-order valence-electron chi connectivity index (χ4n) is 2.74. The van der Waals surface area contributed by atoms with Gasteiger partial charge in [-0.05, 0) is 31.9 Å². The zero-order valence-corrected chi connectivity index (χ0v) is 14.2. The van der Waals surface area contributed by atoms with Gasteiger partial charge in [0.1, 0.15) is 5.69 Å². The monoisotopic (exact) mass is 333 g/mol. The van der Waals surface area contributed by atoms with Gasteiger partial charge >= 0.3 is 0 Å². The van der Waals surface area contributed by atoms with Gasteiger partial charge in [-0.15, -0.1) is 11.3 Å². The minimum atomic E-state index is -0.113. The lowest BCUT2D eigenvalue weighted by Crippen LogP contribution is -2.32. The molecule has 2 aromatic heterocycles. The van der Waals surface area contributed by atoms with Crippen LogP contribution in [0.25, 0.3) is 0 Å². The van der Waals surface area contributed by atoms with Gasteiger partial charge in [-0.25, -0.2) is 4.98 Å². The summed E-state index contributed by atoms with van der Waals surface area (Å²) in [6.07, 6.45) is 5.89. The van der Waals surface area contributed by atoms with Crippen LogP contribution in [0.5, 0.6) is 0 Å². The predicted octanol–water partition coefficient (Wildman–Crippen LogP) is 1.80. The first-order chi connectivity index (χ1) is 11.3. The Bertz CT molecular complexity index is 644. The first-order valence-corrected chi connectivity index (χ1v) is 9.11. The predicted molar refractivity (Wildman–Crippen MR) is 90.9 cm³/mol. The molecule has 6 nitrogen and oxygen atoms in total. The molecule has 0 aliphatic carbocycles. The van der Waals surface area contributed by atoms with Crippen LogP contribution in [0.1, 0.15) is 47.0 Å². The molecule has 1 unspecified atom stereocenters. The summed E-state index contributed by atoms with van der Waals surface area (Å²) in [7, 11) is 0. The SMILES string of the molecule is CCc1nc(CCNC(=O)c2ccn(C3CCCNC3)n2)cs1. The van der Waals surface area contributed by atoms with Crippen LogP contribution in [0.15, 0.2) is 17.6 Å². The summed E-state index contributed by atoms with van der Waals surface area (Å²) in [5.74, 6) is -0.113. The van der Waals surface area contributed by atoms with Crippen molar-refractivity contribution in [3.63, 3.8) is 0 Å². The molecular weight excluding hydrogens is 310 g/mol. The third kappa shape index (κ3) is 4.17. The topological polar surface area (TPSA) is 71.8 Å². The highest BCUT2D eigenvalue weighted by atomic mass is 32.1. The Kier molecular flexibility index (Phi) is 5.40. The average molecular weight is 333 g/mol. The zero-order valence-electron chi connectivity index (χ0n) is 13.4. The summed E-state index contributed by atoms with van der Waals surface area (Å²) in [4.78, 5) is 16.7. The summed E-state index contributed by atoms with van der Waals surface area (Å²) in [6, 6.07) is 2.15. The molecule has 2 N–H and O–H groups in total. The van der Waals surface area contributed by atoms with Gasteiger partial charge in [-0.3, -0.25) is 9.48 Å². The smallest absolute Gasteiger partial charge is 0.271 e. The second-order valence-corrected chi connectivity index (χ2v) is 6.72. The number of carbonyl (C=O) groups excluding carboxylic acids is 1. The zero-order chi connectivity index (χ0) is 16.1. The minimum absolute atomic E-state index is 0.113. The maximum absolute atomic E-state index is 12.2. The Labute approximate surface area is 140 Å². The van der Waals surface area contributed by atoms with Crippen molar-refractivity contribution in [3.8, 4) is 0 Å². The van der Waals surface area contributed by atoms with Gasteiger partial charge < -0.3 is 10.6 Å². The van der Waals surface area contributed by atoms with E-state index < -0.39 is 0 Å². The highest BCUT2D eigenvalue weighted by Crippen LogP contribution is 2.15. The number of piperidine rings is 1. The molecule has 1 amide bonds. The normalized spacial score (nSPS) is 18.0. The van der Waals surface area contributed by atoms with Crippen LogP contribution in [0, 0.1) is 0 Å². The van der Waals surface area contributed by atoms with Crippen molar-refractivity contribution >= 4 is 17.2 Å². The minimum Gasteiger partial charge on any atom is -0.350 e. The number of carbonyl (C=O) groups is 1. The van der Waals surface area contributed by atoms with Crippen molar-refractivity contribution in [1.82, 2.24) is 25.4 Å². The van der Waals surface area contributed by atoms with Crippen LogP contribution in [0.2, 0.25) is 0 Å². The summed E-state index contributed by atoms with van der Waals surface area (Å²) >= 11 is 1.68. The van der Waals surface area contributed by atoms with Gasteiger partial charge in [0.15, 0.2) is 0 Å². The summed E-state index contributed by atoms with van der Waals surface area (Å²) in [5.41, 5.74) is 1.54. The van der Waals surface area contributed by atoms with Crippen molar-refractivity contribution in [2.24, 2.45) is 0 Å². The van der Waals surface area contributed by atoms with Crippen LogP contribution in [-0.4, -0.2) is 40.3 Å². The van der Waals surface area contributed by atoms with Crippen molar-refractivity contribution in [2.45, 2.75) is 38.6 Å². The maximum Gasteiger partial charge on any atom is 0.271 e. The molecule has 3 rings (SSSR count). The number of amides is 1. The molecular formula is C16H23N5OS. The van der Waals surface area contributed by atoms with E-state index in [4.69, 9.17) is 0 Å². The summed E-state index contributed by atoms with van der Waals surface area (Å²) < 4.78 is 1.91. The second-order valence-electron chi connectivity index (χ2n) is 5.77. The molecule has 124 valence electrons. The van der Waals surface area contributed by atoms with Gasteiger partial charge in [0.2, 0.25) is 0 Å². The van der Waals surface area contributed by atoms with Gasteiger partial charge in [0, 0.05) is 31.1 Å². The lowest BCUT2D eigenvalue weighted by atomic mass is 10.1. The molecule has 0 aromatic carbocycles. The number of aromatic nitrogens is 3. The number of hydrogen-bond acceptors (Lipinski definition) is 5. The molecule has 7 heteroatoms. The molecule has 0 spiro atoms. The quantitative estimate of drug-likeness (QED) is 0.845. The number of nitrogens with zero attached hydrogens (tertiary/aromatic N) is 3. The number of hydrogen-bond donors (Lipinski definition) is 2. The number of nitrogens with one attached hydrogen (secondary N) is 2. The van der Waals surface area contributed by atoms with E-state index in [9.17, 15) is 4.79 Å². The largest absolute Gasteiger partial charge is 0.350 e. The lowest BCUT2D eigenvalue weighted by molar-refractivity contribution is 0.0947. The van der Waals surface area contributed by atoms with Crippen molar-refractivity contribution in [3.05, 3.63) is 34.0 Å². The van der Waals surface area contributed by atoms with Crippen LogP contribution < -0.4 is 10.6 Å². The molecule has 1 fully saturated rings. The molecule has 2 aromatic rings. The van der Waals surface area contributed by atoms with E-state index in [-0.39, 0.29) is 5.91 Å². The molecule has 0 saturated carbocycles. The van der Waals surface area contributed by atoms with Gasteiger partial charge in [0.25, 0.3) is 5.91 Å². The molecule has 1 atom stereocenters. The second kappa shape index (κ2) is 7.70. The standard InChI is InChI=1S/C16H23N5OS/c1-2-15-19-12(11-23-15)5-8-18-16(22)14-6-9-21(20-14)13-4-3-7-17-10-13/h6,9,11,13,17H,2-5,7-8,10H2,1H3,(H,18,22). The Morgan fingerprint density at radius 1 is 1.57 bits per heavy atom. The fraction of sp³-hybridized carbons (Fsp3) is 0.562. The fourth-order valence-corrected chi connectivity index (χ4v) is 3.52. The highest BCUT2D eigenvalue weighted by molar-refractivity contribution is 7.09. The maximum atomic E-state index is 12.2. The Hall–Kier alpha value is -1.73. The van der Waals surface area contributed by atoms with E-state index in [1.165, 1.54) is 0 Å². The van der Waals surface area contributed by atoms with Gasteiger partial charge in [-0.1, -0.05) is 6.92 Å². The van der Waals surface area contributed by atoms with E-state index in [0.717, 1.165) is 49.5 Å².